The molecule has 3 aromatic heterocycles. The number of nitrogens with one attached hydrogen (secondary N) is 1. The van der Waals surface area contributed by atoms with Crippen molar-refractivity contribution in [1.82, 2.24) is 29.1 Å². The van der Waals surface area contributed by atoms with E-state index in [9.17, 15) is 13.9 Å². The number of amidine groups is 1. The number of anilines is 2. The number of ether oxygens (including phenoxy) is 1. The fourth-order valence-electron chi connectivity index (χ4n) is 6.20. The van der Waals surface area contributed by atoms with Gasteiger partial charge in [-0.15, -0.1) is 10.2 Å². The van der Waals surface area contributed by atoms with Gasteiger partial charge >= 0.3 is 13.6 Å². The zero-order valence-corrected chi connectivity index (χ0v) is 26.8. The van der Waals surface area contributed by atoms with Crippen molar-refractivity contribution in [3.63, 3.8) is 0 Å². The summed E-state index contributed by atoms with van der Waals surface area (Å²) in [5, 5.41) is 14.4. The second-order valence-corrected chi connectivity index (χ2v) is 16.9. The summed E-state index contributed by atoms with van der Waals surface area (Å²) in [6, 6.07) is -1.18. The molecule has 19 nitrogen and oxygen atoms in total. The molecule has 5 aliphatic rings. The fourth-order valence-corrected chi connectivity index (χ4v) is 8.90. The zero-order valence-electron chi connectivity index (χ0n) is 23.2. The molecular formula is C22H24FN11O8P2S2. The number of hydrogen-bond donors (Lipinski definition) is 4. The number of thiol groups is 2. The average molecular weight is 716 g/mol. The molecule has 3 aromatic rings. The third-order valence-corrected chi connectivity index (χ3v) is 11.8. The van der Waals surface area contributed by atoms with Crippen LogP contribution in [-0.4, -0.2) is 84.9 Å². The highest BCUT2D eigenvalue weighted by Gasteiger charge is 2.52. The molecule has 0 radical (unpaired) electrons. The number of rotatable bonds is 2. The minimum absolute atomic E-state index is 0.0821. The topological polar surface area (TPSA) is 234 Å². The van der Waals surface area contributed by atoms with Crippen LogP contribution in [0, 0.1) is 11.8 Å². The van der Waals surface area contributed by atoms with E-state index in [1.54, 1.807) is 4.57 Å². The van der Waals surface area contributed by atoms with Crippen LogP contribution in [0.5, 0.6) is 0 Å². The van der Waals surface area contributed by atoms with Gasteiger partial charge in [0.1, 0.15) is 29.9 Å². The van der Waals surface area contributed by atoms with Gasteiger partial charge < -0.3 is 29.4 Å². The summed E-state index contributed by atoms with van der Waals surface area (Å²) in [6.45, 7) is -9.01. The Morgan fingerprint density at radius 2 is 1.80 bits per heavy atom. The molecule has 3 N–H and O–H groups in total. The van der Waals surface area contributed by atoms with Crippen LogP contribution in [0.1, 0.15) is 29.2 Å². The first-order chi connectivity index (χ1) is 22.0. The SMILES string of the molecule is Nc1ncnc2c1ncn2[C@@H]1O[C@@H]2CO[P@](=O)(S)OC[C@@H]3[C@@H](CO[P@](=O)(S)O[C@H]2[C@H]1F)C[C@H]3n1cnc2c1NC1=NN=NC1C2=O. The zero-order chi connectivity index (χ0) is 32.0. The minimum Gasteiger partial charge on any atom is -0.382 e. The van der Waals surface area contributed by atoms with Crippen LogP contribution >= 0.6 is 38.1 Å². The molecule has 3 fully saturated rings. The minimum atomic E-state index is -4.19. The predicted molar refractivity (Wildman–Crippen MR) is 161 cm³/mol. The maximum absolute atomic E-state index is 16.0. The first-order valence-electron chi connectivity index (χ1n) is 13.9. The fraction of sp³-hybridized carbons (Fsp3) is 0.545. The number of alkyl halides is 1. The lowest BCUT2D eigenvalue weighted by molar-refractivity contribution is -0.0408. The second kappa shape index (κ2) is 11.1. The largest absolute Gasteiger partial charge is 0.386 e. The summed E-state index contributed by atoms with van der Waals surface area (Å²) in [4.78, 5) is 29.3. The monoisotopic (exact) mass is 715 g/mol. The van der Waals surface area contributed by atoms with Gasteiger partial charge in [-0.05, 0) is 17.6 Å². The highest BCUT2D eigenvalue weighted by molar-refractivity contribution is 8.44. The van der Waals surface area contributed by atoms with Crippen molar-refractivity contribution in [1.29, 1.82) is 0 Å². The Morgan fingerprint density at radius 1 is 1.02 bits per heavy atom. The van der Waals surface area contributed by atoms with E-state index in [1.807, 2.05) is 0 Å². The van der Waals surface area contributed by atoms with Crippen molar-refractivity contribution in [3.8, 4) is 0 Å². The summed E-state index contributed by atoms with van der Waals surface area (Å²) in [6.07, 6.45) is -1.70. The molecular weight excluding hydrogens is 691 g/mol. The number of hydrogen-bond acceptors (Lipinski definition) is 17. The smallest absolute Gasteiger partial charge is 0.382 e. The Labute approximate surface area is 268 Å². The van der Waals surface area contributed by atoms with E-state index >= 15 is 4.39 Å². The van der Waals surface area contributed by atoms with Crippen molar-refractivity contribution in [2.45, 2.75) is 43.1 Å². The number of imidazole rings is 2. The van der Waals surface area contributed by atoms with Crippen LogP contribution in [0.3, 0.4) is 0 Å². The number of nitrogen functional groups attached to an aromatic ring is 1. The molecule has 7 heterocycles. The number of nitrogens with zero attached hydrogens (tertiary/aromatic N) is 9. The number of Topliss-reactive ketones (excluding diaryl/α,β-unsaturated/α-hetero) is 1. The van der Waals surface area contributed by atoms with E-state index in [-0.39, 0.29) is 59.5 Å². The van der Waals surface area contributed by atoms with E-state index in [4.69, 9.17) is 28.6 Å². The number of aromatic nitrogens is 6. The number of ketones is 1. The Balaban J connectivity index is 1.03. The Hall–Kier alpha value is -2.81. The van der Waals surface area contributed by atoms with Crippen molar-refractivity contribution < 1.29 is 41.1 Å². The molecule has 2 saturated heterocycles. The van der Waals surface area contributed by atoms with Crippen molar-refractivity contribution in [2.24, 2.45) is 27.3 Å². The molecule has 4 aliphatic heterocycles. The normalized spacial score (nSPS) is 39.1. The van der Waals surface area contributed by atoms with E-state index in [0.717, 1.165) is 0 Å². The van der Waals surface area contributed by atoms with Gasteiger partial charge in [-0.25, -0.2) is 33.5 Å². The van der Waals surface area contributed by atoms with Crippen molar-refractivity contribution >= 4 is 72.5 Å². The van der Waals surface area contributed by atoms with Gasteiger partial charge in [-0.2, -0.15) is 0 Å². The Kier molecular flexibility index (Phi) is 7.39. The van der Waals surface area contributed by atoms with E-state index in [2.05, 4.69) is 65.2 Å². The lowest BCUT2D eigenvalue weighted by atomic mass is 9.70. The van der Waals surface area contributed by atoms with Crippen LogP contribution < -0.4 is 11.1 Å². The van der Waals surface area contributed by atoms with Crippen molar-refractivity contribution in [3.05, 3.63) is 24.7 Å². The molecule has 1 unspecified atom stereocenters. The number of halogens is 1. The standard InChI is InChI=1S/C22H24FN11O8P2S2/c23-12-17-11(41-22(12)34-7-28-15-18(24)25-5-26-20(15)34)4-40-43(36,45)39-3-9-8(2-38-44(37,46)42-17)1-10(9)33-6-27-14-16(35)13-19(29-21(14)33)31-32-30-13/h5-13,17,22H,1-4H2,(H,36,45)(H,37,46)(H2,24,25,26)(H,29,30,31)/t8-,9-,10-,11-,12-,13?,17-,22-,43-,44+/m1/s1. The Morgan fingerprint density at radius 3 is 2.65 bits per heavy atom. The number of nitrogens with two attached hydrogens (primary N) is 1. The van der Waals surface area contributed by atoms with Gasteiger partial charge in [0.2, 0.25) is 5.78 Å². The van der Waals surface area contributed by atoms with E-state index in [0.29, 0.717) is 12.2 Å². The highest BCUT2D eigenvalue weighted by Crippen LogP contribution is 2.61. The van der Waals surface area contributed by atoms with E-state index < -0.39 is 56.8 Å². The molecule has 46 heavy (non-hydrogen) atoms. The van der Waals surface area contributed by atoms with Gasteiger partial charge in [-0.1, -0.05) is 24.5 Å². The average Bonchev–Trinajstić information content (AvgIpc) is 3.79. The summed E-state index contributed by atoms with van der Waals surface area (Å²) < 4.78 is 74.2. The van der Waals surface area contributed by atoms with Crippen LogP contribution in [0.2, 0.25) is 0 Å². The maximum Gasteiger partial charge on any atom is 0.386 e. The third-order valence-electron chi connectivity index (χ3n) is 8.57. The summed E-state index contributed by atoms with van der Waals surface area (Å²) >= 11 is 8.25. The van der Waals surface area contributed by atoms with Gasteiger partial charge in [0, 0.05) is 12.0 Å². The van der Waals surface area contributed by atoms with Crippen LogP contribution in [-0.2, 0) is 32.0 Å². The van der Waals surface area contributed by atoms with Crippen molar-refractivity contribution in [2.75, 3.05) is 30.9 Å². The summed E-state index contributed by atoms with van der Waals surface area (Å²) in [7, 11) is 0. The lowest BCUT2D eigenvalue weighted by Crippen LogP contribution is -2.44. The molecule has 0 aromatic carbocycles. The summed E-state index contributed by atoms with van der Waals surface area (Å²) in [5.74, 6) is -0.289. The van der Waals surface area contributed by atoms with Gasteiger partial charge in [0.25, 0.3) is 0 Å². The molecule has 8 rings (SSSR count). The number of carbonyl (C=O) groups excluding carboxylic acids is 1. The molecule has 0 amide bonds. The quantitative estimate of drug-likeness (QED) is 0.221. The van der Waals surface area contributed by atoms with Crippen LogP contribution in [0.25, 0.3) is 11.2 Å². The van der Waals surface area contributed by atoms with Gasteiger partial charge in [0.05, 0.1) is 32.5 Å². The highest BCUT2D eigenvalue weighted by atomic mass is 32.7. The number of fused-ring (bicyclic) bond motifs is 5. The van der Waals surface area contributed by atoms with Crippen LogP contribution in [0.4, 0.5) is 16.0 Å². The van der Waals surface area contributed by atoms with Crippen LogP contribution in [0.15, 0.2) is 34.4 Å². The maximum atomic E-state index is 16.0. The molecule has 1 aliphatic carbocycles. The molecule has 1 saturated carbocycles. The molecule has 0 spiro atoms. The van der Waals surface area contributed by atoms with Gasteiger partial charge in [-0.3, -0.25) is 18.4 Å². The third kappa shape index (κ3) is 5.10. The lowest BCUT2D eigenvalue weighted by Gasteiger charge is -2.45. The first-order valence-corrected chi connectivity index (χ1v) is 19.2. The Bertz CT molecular complexity index is 1910. The molecule has 0 bridgehead atoms. The summed E-state index contributed by atoms with van der Waals surface area (Å²) in [5.41, 5.74) is 6.46. The molecule has 10 atom stereocenters. The van der Waals surface area contributed by atoms with E-state index in [1.165, 1.54) is 23.5 Å². The first kappa shape index (κ1) is 30.5. The number of carbonyl (C=O) groups is 1. The second-order valence-electron chi connectivity index (χ2n) is 11.1. The predicted octanol–water partition coefficient (Wildman–Crippen LogP) is 3.00. The molecule has 24 heteroatoms. The van der Waals surface area contributed by atoms with Gasteiger partial charge in [0.15, 0.2) is 41.4 Å². The molecule has 244 valence electrons.